The van der Waals surface area contributed by atoms with Crippen LogP contribution in [0.15, 0.2) is 53.2 Å². The molecule has 36 heavy (non-hydrogen) atoms. The number of allylic oxidation sites excluding steroid dienone is 4. The number of nitrogens with zero attached hydrogens (tertiary/aromatic N) is 1. The molecule has 1 aliphatic heterocycles. The quantitative estimate of drug-likeness (QED) is 0.597. The summed E-state index contributed by atoms with van der Waals surface area (Å²) in [4.78, 5) is 30.6. The zero-order valence-electron chi connectivity index (χ0n) is 21.4. The number of hydrogen-bond donors (Lipinski definition) is 1. The van der Waals surface area contributed by atoms with E-state index in [1.807, 2.05) is 38.1 Å². The highest BCUT2D eigenvalue weighted by atomic mass is 32.2. The molecule has 6 nitrogen and oxygen atoms in total. The smallest absolute Gasteiger partial charge is 0.178 e. The van der Waals surface area contributed by atoms with E-state index >= 15 is 0 Å². The van der Waals surface area contributed by atoms with Crippen molar-refractivity contribution in [2.45, 2.75) is 82.0 Å². The van der Waals surface area contributed by atoms with Gasteiger partial charge >= 0.3 is 0 Å². The predicted molar refractivity (Wildman–Crippen MR) is 136 cm³/mol. The van der Waals surface area contributed by atoms with E-state index in [-0.39, 0.29) is 46.6 Å². The first-order chi connectivity index (χ1) is 17.0. The van der Waals surface area contributed by atoms with Crippen LogP contribution < -0.4 is 0 Å². The Labute approximate surface area is 216 Å². The summed E-state index contributed by atoms with van der Waals surface area (Å²) < 4.78 is 13.1. The van der Waals surface area contributed by atoms with Gasteiger partial charge in [0.25, 0.3) is 0 Å². The minimum Gasteiger partial charge on any atom is -0.393 e. The maximum atomic E-state index is 14.2. The van der Waals surface area contributed by atoms with Crippen molar-refractivity contribution in [1.82, 2.24) is 4.98 Å². The van der Waals surface area contributed by atoms with Gasteiger partial charge in [-0.3, -0.25) is 9.59 Å². The average Bonchev–Trinajstić information content (AvgIpc) is 3.24. The highest BCUT2D eigenvalue weighted by Gasteiger charge is 2.76. The van der Waals surface area contributed by atoms with Crippen molar-refractivity contribution in [3.05, 3.63) is 48.2 Å². The van der Waals surface area contributed by atoms with E-state index < -0.39 is 22.9 Å². The third-order valence-corrected chi connectivity index (χ3v) is 10.8. The number of thioether (sulfide) groups is 1. The standard InChI is InChI=1S/C29H35NO5S/c1-26(2)34-23-14-20-19-9-8-17-13-18(31)10-11-27(17,3)25(19)21(32)15-28(20,4)29(23,35-26)22(33)16-36-24-7-5-6-12-30-24/h5-7,10-13,19-21,23,25,32H,8-9,14-16H2,1-4H3/t19?,20?,21?,23-,25?,27?,28?,29-/m1/s1. The van der Waals surface area contributed by atoms with E-state index in [0.717, 1.165) is 29.9 Å². The number of pyridine rings is 1. The Bertz CT molecular complexity index is 1160. The molecule has 192 valence electrons. The molecule has 0 radical (unpaired) electrons. The molecule has 0 spiro atoms. The molecule has 0 amide bonds. The molecule has 5 aliphatic rings. The molecular formula is C29H35NO5S. The molecule has 0 aromatic carbocycles. The summed E-state index contributed by atoms with van der Waals surface area (Å²) in [6, 6.07) is 5.69. The van der Waals surface area contributed by atoms with Crippen LogP contribution in [-0.4, -0.2) is 51.0 Å². The van der Waals surface area contributed by atoms with Crippen LogP contribution in [0.25, 0.3) is 0 Å². The third-order valence-electron chi connectivity index (χ3n) is 9.89. The molecule has 8 atom stereocenters. The first kappa shape index (κ1) is 24.5. The minimum absolute atomic E-state index is 0.00167. The lowest BCUT2D eigenvalue weighted by atomic mass is 9.46. The number of hydrogen-bond acceptors (Lipinski definition) is 7. The van der Waals surface area contributed by atoms with E-state index in [4.69, 9.17) is 9.47 Å². The molecule has 1 saturated heterocycles. The van der Waals surface area contributed by atoms with Gasteiger partial charge in [0.15, 0.2) is 23.0 Å². The van der Waals surface area contributed by atoms with Crippen molar-refractivity contribution >= 4 is 23.3 Å². The lowest BCUT2D eigenvalue weighted by Crippen LogP contribution is -2.63. The second-order valence-corrected chi connectivity index (χ2v) is 13.2. The van der Waals surface area contributed by atoms with Gasteiger partial charge in [0, 0.05) is 22.9 Å². The summed E-state index contributed by atoms with van der Waals surface area (Å²) in [5.41, 5.74) is -0.880. The highest BCUT2D eigenvalue weighted by molar-refractivity contribution is 7.99. The molecule has 6 unspecified atom stereocenters. The summed E-state index contributed by atoms with van der Waals surface area (Å²) in [7, 11) is 0. The monoisotopic (exact) mass is 509 g/mol. The number of ether oxygens (including phenoxy) is 2. The maximum Gasteiger partial charge on any atom is 0.178 e. The molecule has 4 aliphatic carbocycles. The average molecular weight is 510 g/mol. The van der Waals surface area contributed by atoms with E-state index in [0.29, 0.717) is 6.42 Å². The molecule has 4 fully saturated rings. The van der Waals surface area contributed by atoms with E-state index in [1.165, 1.54) is 11.8 Å². The first-order valence-electron chi connectivity index (χ1n) is 13.1. The highest BCUT2D eigenvalue weighted by Crippen LogP contribution is 2.70. The van der Waals surface area contributed by atoms with Crippen molar-refractivity contribution in [2.24, 2.45) is 28.6 Å². The molecule has 0 bridgehead atoms. The fraction of sp³-hybridized carbons (Fsp3) is 0.621. The van der Waals surface area contributed by atoms with Gasteiger partial charge in [-0.15, -0.1) is 0 Å². The number of aliphatic hydroxyl groups excluding tert-OH is 1. The lowest BCUT2D eigenvalue weighted by Gasteiger charge is -2.60. The normalized spacial score (nSPS) is 44.3. The molecule has 7 heteroatoms. The number of carbonyl (C=O) groups is 2. The number of carbonyl (C=O) groups excluding carboxylic acids is 2. The summed E-state index contributed by atoms with van der Waals surface area (Å²) in [6.45, 7) is 8.09. The molecular weight excluding hydrogens is 474 g/mol. The van der Waals surface area contributed by atoms with Gasteiger partial charge in [-0.1, -0.05) is 43.3 Å². The molecule has 1 aromatic heterocycles. The van der Waals surface area contributed by atoms with Crippen molar-refractivity contribution in [2.75, 3.05) is 5.75 Å². The second kappa shape index (κ2) is 8.10. The Hall–Kier alpha value is -1.80. The lowest BCUT2D eigenvalue weighted by molar-refractivity contribution is -0.223. The number of Topliss-reactive ketones (excluding diaryl/α,β-unsaturated/α-hetero) is 1. The number of fused-ring (bicyclic) bond motifs is 7. The van der Waals surface area contributed by atoms with Crippen LogP contribution in [0, 0.1) is 28.6 Å². The fourth-order valence-corrected chi connectivity index (χ4v) is 9.40. The Morgan fingerprint density at radius 2 is 2.06 bits per heavy atom. The topological polar surface area (TPSA) is 85.7 Å². The Morgan fingerprint density at radius 1 is 1.25 bits per heavy atom. The molecule has 3 saturated carbocycles. The van der Waals surface area contributed by atoms with Crippen LogP contribution in [0.2, 0.25) is 0 Å². The Kier molecular flexibility index (Phi) is 5.52. The van der Waals surface area contributed by atoms with Crippen LogP contribution in [0.1, 0.15) is 53.4 Å². The SMILES string of the molecule is CC1(C)O[C@@H]2CC3C4CCC5=CC(=O)C=CC5(C)C4C(O)CC3(C)[C@]2(C(=O)CSc2ccccn2)O1. The van der Waals surface area contributed by atoms with Gasteiger partial charge in [0.05, 0.1) is 23.0 Å². The number of aliphatic hydroxyl groups is 1. The van der Waals surface area contributed by atoms with Crippen LogP contribution in [0.3, 0.4) is 0 Å². The summed E-state index contributed by atoms with van der Waals surface area (Å²) in [6.07, 6.45) is 9.17. The molecule has 2 heterocycles. The fourth-order valence-electron chi connectivity index (χ4n) is 8.60. The zero-order chi connectivity index (χ0) is 25.5. The van der Waals surface area contributed by atoms with Crippen LogP contribution in [0.5, 0.6) is 0 Å². The maximum absolute atomic E-state index is 14.2. The van der Waals surface area contributed by atoms with Crippen LogP contribution in [0.4, 0.5) is 0 Å². The van der Waals surface area contributed by atoms with Crippen LogP contribution in [-0.2, 0) is 19.1 Å². The van der Waals surface area contributed by atoms with Crippen molar-refractivity contribution in [3.8, 4) is 0 Å². The van der Waals surface area contributed by atoms with Gasteiger partial charge in [0.1, 0.15) is 0 Å². The summed E-state index contributed by atoms with van der Waals surface area (Å²) >= 11 is 1.43. The van der Waals surface area contributed by atoms with E-state index in [9.17, 15) is 14.7 Å². The minimum atomic E-state index is -1.11. The van der Waals surface area contributed by atoms with E-state index in [1.54, 1.807) is 18.3 Å². The number of ketones is 2. The summed E-state index contributed by atoms with van der Waals surface area (Å²) in [5, 5.41) is 12.6. The second-order valence-electron chi connectivity index (χ2n) is 12.2. The van der Waals surface area contributed by atoms with Crippen LogP contribution >= 0.6 is 11.8 Å². The van der Waals surface area contributed by atoms with E-state index in [2.05, 4.69) is 18.8 Å². The van der Waals surface area contributed by atoms with Gasteiger partial charge < -0.3 is 14.6 Å². The zero-order valence-corrected chi connectivity index (χ0v) is 22.2. The van der Waals surface area contributed by atoms with Gasteiger partial charge in [-0.2, -0.15) is 0 Å². The third kappa shape index (κ3) is 3.32. The van der Waals surface area contributed by atoms with Gasteiger partial charge in [-0.25, -0.2) is 4.98 Å². The largest absolute Gasteiger partial charge is 0.393 e. The van der Waals surface area contributed by atoms with Crippen molar-refractivity contribution < 1.29 is 24.2 Å². The molecule has 1 aromatic rings. The molecule has 6 rings (SSSR count). The van der Waals surface area contributed by atoms with Crippen molar-refractivity contribution in [3.63, 3.8) is 0 Å². The Balaban J connectivity index is 1.36. The van der Waals surface area contributed by atoms with Gasteiger partial charge in [0.2, 0.25) is 0 Å². The molecule has 1 N–H and O–H groups in total. The number of aromatic nitrogens is 1. The summed E-state index contributed by atoms with van der Waals surface area (Å²) in [5.74, 6) is -0.169. The van der Waals surface area contributed by atoms with Gasteiger partial charge in [-0.05, 0) is 75.7 Å². The Morgan fingerprint density at radius 3 is 2.81 bits per heavy atom. The predicted octanol–water partition coefficient (Wildman–Crippen LogP) is 4.52. The van der Waals surface area contributed by atoms with Crippen molar-refractivity contribution in [1.29, 1.82) is 0 Å². The first-order valence-corrected chi connectivity index (χ1v) is 14.1. The number of rotatable bonds is 4.